The molecule has 1 saturated heterocycles. The Balaban J connectivity index is 1.92. The lowest BCUT2D eigenvalue weighted by Gasteiger charge is -2.34. The van der Waals surface area contributed by atoms with Gasteiger partial charge in [-0.25, -0.2) is 4.79 Å². The maximum atomic E-state index is 12.3. The Hall–Kier alpha value is -2.90. The van der Waals surface area contributed by atoms with Crippen molar-refractivity contribution in [2.24, 2.45) is 0 Å². The highest BCUT2D eigenvalue weighted by atomic mass is 16.5. The third-order valence-electron chi connectivity index (χ3n) is 4.09. The van der Waals surface area contributed by atoms with E-state index in [9.17, 15) is 19.2 Å². The molecule has 0 aliphatic carbocycles. The van der Waals surface area contributed by atoms with Gasteiger partial charge in [-0.3, -0.25) is 14.4 Å². The van der Waals surface area contributed by atoms with Crippen LogP contribution in [0.4, 0.5) is 5.69 Å². The lowest BCUT2D eigenvalue weighted by Crippen LogP contribution is -2.50. The Kier molecular flexibility index (Phi) is 6.71. The first kappa shape index (κ1) is 19.4. The summed E-state index contributed by atoms with van der Waals surface area (Å²) in [5, 5.41) is 2.60. The molecule has 1 aromatic rings. The van der Waals surface area contributed by atoms with Crippen molar-refractivity contribution in [3.05, 3.63) is 29.8 Å². The second kappa shape index (κ2) is 8.98. The standard InChI is InChI=1S/C18H23N3O5/c1-3-26-18(25)14-6-4-5-7-15(14)19-16(23)12-17(24)21-10-8-20(9-11-21)13(2)22/h4-7H,3,8-12H2,1-2H3,(H,19,23). The second-order valence-corrected chi connectivity index (χ2v) is 5.88. The van der Waals surface area contributed by atoms with Gasteiger partial charge in [-0.2, -0.15) is 0 Å². The van der Waals surface area contributed by atoms with Crippen LogP contribution in [0.25, 0.3) is 0 Å². The molecule has 3 amide bonds. The van der Waals surface area contributed by atoms with Gasteiger partial charge in [0.25, 0.3) is 0 Å². The molecule has 0 saturated carbocycles. The molecular formula is C18H23N3O5. The molecule has 2 rings (SSSR count). The van der Waals surface area contributed by atoms with Gasteiger partial charge >= 0.3 is 5.97 Å². The van der Waals surface area contributed by atoms with E-state index in [1.807, 2.05) is 0 Å². The molecule has 1 N–H and O–H groups in total. The van der Waals surface area contributed by atoms with E-state index in [4.69, 9.17) is 4.74 Å². The molecule has 1 aliphatic rings. The first-order chi connectivity index (χ1) is 12.4. The van der Waals surface area contributed by atoms with Gasteiger partial charge in [0.05, 0.1) is 17.9 Å². The van der Waals surface area contributed by atoms with Crippen LogP contribution in [0.1, 0.15) is 30.6 Å². The number of ether oxygens (including phenoxy) is 1. The number of carbonyl (C=O) groups excluding carboxylic acids is 4. The minimum atomic E-state index is -0.532. The largest absolute Gasteiger partial charge is 0.462 e. The highest BCUT2D eigenvalue weighted by molar-refractivity contribution is 6.06. The van der Waals surface area contributed by atoms with E-state index in [1.165, 1.54) is 6.92 Å². The van der Waals surface area contributed by atoms with Crippen LogP contribution >= 0.6 is 0 Å². The quantitative estimate of drug-likeness (QED) is 0.620. The number of hydrogen-bond donors (Lipinski definition) is 1. The molecule has 0 spiro atoms. The van der Waals surface area contributed by atoms with Crippen LogP contribution in [0.2, 0.25) is 0 Å². The monoisotopic (exact) mass is 361 g/mol. The predicted octanol–water partition coefficient (Wildman–Crippen LogP) is 0.883. The zero-order valence-electron chi connectivity index (χ0n) is 15.0. The minimum absolute atomic E-state index is 0.0228. The number of carbonyl (C=O) groups is 4. The molecule has 1 fully saturated rings. The van der Waals surface area contributed by atoms with Crippen LogP contribution < -0.4 is 5.32 Å². The number of piperazine rings is 1. The van der Waals surface area contributed by atoms with Crippen molar-refractivity contribution in [2.75, 3.05) is 38.1 Å². The number of anilines is 1. The highest BCUT2D eigenvalue weighted by Crippen LogP contribution is 2.17. The Morgan fingerprint density at radius 2 is 1.65 bits per heavy atom. The third kappa shape index (κ3) is 5.05. The molecule has 1 heterocycles. The van der Waals surface area contributed by atoms with Crippen molar-refractivity contribution in [2.45, 2.75) is 20.3 Å². The van der Waals surface area contributed by atoms with Gasteiger partial charge < -0.3 is 19.9 Å². The fraction of sp³-hybridized carbons (Fsp3) is 0.444. The fourth-order valence-corrected chi connectivity index (χ4v) is 2.69. The number of nitrogens with zero attached hydrogens (tertiary/aromatic N) is 2. The van der Waals surface area contributed by atoms with Crippen LogP contribution in [0.5, 0.6) is 0 Å². The third-order valence-corrected chi connectivity index (χ3v) is 4.09. The van der Waals surface area contributed by atoms with Crippen molar-refractivity contribution in [1.82, 2.24) is 9.80 Å². The summed E-state index contributed by atoms with van der Waals surface area (Å²) >= 11 is 0. The van der Waals surface area contributed by atoms with E-state index < -0.39 is 11.9 Å². The number of hydrogen-bond acceptors (Lipinski definition) is 5. The highest BCUT2D eigenvalue weighted by Gasteiger charge is 2.24. The zero-order valence-corrected chi connectivity index (χ0v) is 15.0. The summed E-state index contributed by atoms with van der Waals surface area (Å²) < 4.78 is 4.96. The summed E-state index contributed by atoms with van der Waals surface area (Å²) in [5.74, 6) is -1.36. The van der Waals surface area contributed by atoms with E-state index in [2.05, 4.69) is 5.32 Å². The molecule has 8 heteroatoms. The number of nitrogens with one attached hydrogen (secondary N) is 1. The molecule has 0 radical (unpaired) electrons. The molecule has 0 unspecified atom stereocenters. The van der Waals surface area contributed by atoms with Gasteiger partial charge in [0.15, 0.2) is 0 Å². The lowest BCUT2D eigenvalue weighted by atomic mass is 10.1. The van der Waals surface area contributed by atoms with Gasteiger partial charge in [-0.15, -0.1) is 0 Å². The van der Waals surface area contributed by atoms with E-state index in [-0.39, 0.29) is 30.4 Å². The molecule has 0 atom stereocenters. The van der Waals surface area contributed by atoms with Crippen LogP contribution in [0.15, 0.2) is 24.3 Å². The first-order valence-electron chi connectivity index (χ1n) is 8.51. The summed E-state index contributed by atoms with van der Waals surface area (Å²) in [4.78, 5) is 50.9. The van der Waals surface area contributed by atoms with Gasteiger partial charge in [-0.05, 0) is 19.1 Å². The summed E-state index contributed by atoms with van der Waals surface area (Å²) in [6.07, 6.45) is -0.322. The van der Waals surface area contributed by atoms with E-state index >= 15 is 0 Å². The van der Waals surface area contributed by atoms with Gasteiger partial charge in [0, 0.05) is 33.1 Å². The second-order valence-electron chi connectivity index (χ2n) is 5.88. The van der Waals surface area contributed by atoms with Crippen molar-refractivity contribution in [3.63, 3.8) is 0 Å². The van der Waals surface area contributed by atoms with Gasteiger partial charge in [-0.1, -0.05) is 12.1 Å². The van der Waals surface area contributed by atoms with Crippen LogP contribution in [0.3, 0.4) is 0 Å². The van der Waals surface area contributed by atoms with Crippen LogP contribution in [-0.4, -0.2) is 66.3 Å². The Labute approximate surface area is 152 Å². The average Bonchev–Trinajstić information content (AvgIpc) is 2.62. The summed E-state index contributed by atoms with van der Waals surface area (Å²) in [6, 6.07) is 6.49. The Bertz CT molecular complexity index is 696. The number of benzene rings is 1. The maximum Gasteiger partial charge on any atom is 0.340 e. The normalized spacial score (nSPS) is 13.9. The SMILES string of the molecule is CCOC(=O)c1ccccc1NC(=O)CC(=O)N1CCN(C(C)=O)CC1. The molecule has 140 valence electrons. The summed E-state index contributed by atoms with van der Waals surface area (Å²) in [5.41, 5.74) is 0.551. The molecule has 8 nitrogen and oxygen atoms in total. The number of esters is 1. The molecule has 26 heavy (non-hydrogen) atoms. The first-order valence-corrected chi connectivity index (χ1v) is 8.51. The lowest BCUT2D eigenvalue weighted by molar-refractivity contribution is -0.140. The predicted molar refractivity (Wildman–Crippen MR) is 94.5 cm³/mol. The Morgan fingerprint density at radius 3 is 2.27 bits per heavy atom. The van der Waals surface area contributed by atoms with E-state index in [0.29, 0.717) is 31.9 Å². The number of amides is 3. The van der Waals surface area contributed by atoms with Crippen molar-refractivity contribution < 1.29 is 23.9 Å². The molecular weight excluding hydrogens is 338 g/mol. The fourth-order valence-electron chi connectivity index (χ4n) is 2.69. The minimum Gasteiger partial charge on any atom is -0.462 e. The molecule has 1 aromatic carbocycles. The van der Waals surface area contributed by atoms with E-state index in [0.717, 1.165) is 0 Å². The Morgan fingerprint density at radius 1 is 1.04 bits per heavy atom. The maximum absolute atomic E-state index is 12.3. The average molecular weight is 361 g/mol. The number of para-hydroxylation sites is 1. The van der Waals surface area contributed by atoms with Crippen molar-refractivity contribution >= 4 is 29.4 Å². The van der Waals surface area contributed by atoms with E-state index in [1.54, 1.807) is 41.0 Å². The van der Waals surface area contributed by atoms with Gasteiger partial charge in [0.2, 0.25) is 17.7 Å². The van der Waals surface area contributed by atoms with Crippen molar-refractivity contribution in [1.29, 1.82) is 0 Å². The molecule has 0 bridgehead atoms. The number of rotatable bonds is 5. The smallest absolute Gasteiger partial charge is 0.340 e. The topological polar surface area (TPSA) is 96.0 Å². The van der Waals surface area contributed by atoms with Crippen LogP contribution in [-0.2, 0) is 19.1 Å². The van der Waals surface area contributed by atoms with Crippen LogP contribution in [0, 0.1) is 0 Å². The zero-order chi connectivity index (χ0) is 19.1. The summed E-state index contributed by atoms with van der Waals surface area (Å²) in [7, 11) is 0. The molecule has 1 aliphatic heterocycles. The van der Waals surface area contributed by atoms with Gasteiger partial charge in [0.1, 0.15) is 6.42 Å². The van der Waals surface area contributed by atoms with Crippen molar-refractivity contribution in [3.8, 4) is 0 Å². The molecule has 0 aromatic heterocycles. The summed E-state index contributed by atoms with van der Waals surface area (Å²) in [6.45, 7) is 5.17.